The average Bonchev–Trinajstić information content (AvgIpc) is 2.83. The van der Waals surface area contributed by atoms with E-state index in [4.69, 9.17) is 0 Å². The molecule has 2 N–H and O–H groups in total. The van der Waals surface area contributed by atoms with Crippen LogP contribution in [0.2, 0.25) is 0 Å². The molecule has 0 unspecified atom stereocenters. The number of hydrogen-bond donors (Lipinski definition) is 2. The van der Waals surface area contributed by atoms with E-state index in [-0.39, 0.29) is 22.1 Å². The van der Waals surface area contributed by atoms with Crippen molar-refractivity contribution >= 4 is 28.9 Å². The molecule has 22 heavy (non-hydrogen) atoms. The molecule has 1 aliphatic carbocycles. The molecule has 0 aromatic carbocycles. The second-order valence-corrected chi connectivity index (χ2v) is 7.97. The lowest BCUT2D eigenvalue weighted by Gasteiger charge is -2.19. The summed E-state index contributed by atoms with van der Waals surface area (Å²) in [4.78, 5) is 25.0. The van der Waals surface area contributed by atoms with Gasteiger partial charge in [0.25, 0.3) is 0 Å². The number of carboxylic acids is 1. The van der Waals surface area contributed by atoms with Crippen LogP contribution in [0.5, 0.6) is 0 Å². The summed E-state index contributed by atoms with van der Waals surface area (Å²) in [6, 6.07) is 1.80. The number of rotatable bonds is 3. The average molecular weight is 321 g/mol. The summed E-state index contributed by atoms with van der Waals surface area (Å²) in [6.45, 7) is 8.17. The fraction of sp³-hybridized carbons (Fsp3) is 0.529. The van der Waals surface area contributed by atoms with Crippen molar-refractivity contribution in [2.24, 2.45) is 5.92 Å². The number of hydrogen-bond acceptors (Lipinski definition) is 3. The van der Waals surface area contributed by atoms with Crippen molar-refractivity contribution in [1.82, 2.24) is 0 Å². The highest BCUT2D eigenvalue weighted by atomic mass is 32.1. The van der Waals surface area contributed by atoms with E-state index in [0.29, 0.717) is 5.69 Å². The molecule has 1 amide bonds. The Hall–Kier alpha value is -1.62. The van der Waals surface area contributed by atoms with Gasteiger partial charge in [-0.2, -0.15) is 0 Å². The number of thiophene rings is 1. The largest absolute Gasteiger partial charge is 0.477 e. The SMILES string of the molecule is CC1=CC[C@@H](C(=O)Nc2cc(C(C)(C)C)sc2C(=O)O)CC1. The van der Waals surface area contributed by atoms with Gasteiger partial charge in [0.05, 0.1) is 5.69 Å². The Labute approximate surface area is 135 Å². The number of aromatic carboxylic acids is 1. The van der Waals surface area contributed by atoms with E-state index in [9.17, 15) is 14.7 Å². The van der Waals surface area contributed by atoms with Crippen molar-refractivity contribution in [3.8, 4) is 0 Å². The summed E-state index contributed by atoms with van der Waals surface area (Å²) in [5, 5.41) is 12.2. The second-order valence-electron chi connectivity index (χ2n) is 6.92. The molecule has 0 saturated carbocycles. The maximum atomic E-state index is 12.4. The molecule has 4 nitrogen and oxygen atoms in total. The zero-order chi connectivity index (χ0) is 16.5. The van der Waals surface area contributed by atoms with Gasteiger partial charge in [0, 0.05) is 10.8 Å². The second kappa shape index (κ2) is 6.24. The van der Waals surface area contributed by atoms with E-state index in [1.165, 1.54) is 16.9 Å². The van der Waals surface area contributed by atoms with Gasteiger partial charge in [-0.1, -0.05) is 32.4 Å². The highest BCUT2D eigenvalue weighted by molar-refractivity contribution is 7.14. The highest BCUT2D eigenvalue weighted by Crippen LogP contribution is 2.36. The van der Waals surface area contributed by atoms with Gasteiger partial charge in [-0.25, -0.2) is 4.79 Å². The summed E-state index contributed by atoms with van der Waals surface area (Å²) in [7, 11) is 0. The van der Waals surface area contributed by atoms with Crippen LogP contribution in [0.25, 0.3) is 0 Å². The lowest BCUT2D eigenvalue weighted by molar-refractivity contribution is -0.120. The Kier molecular flexibility index (Phi) is 4.75. The van der Waals surface area contributed by atoms with Gasteiger partial charge in [0.1, 0.15) is 4.88 Å². The van der Waals surface area contributed by atoms with Crippen LogP contribution in [0, 0.1) is 5.92 Å². The van der Waals surface area contributed by atoms with E-state index in [2.05, 4.69) is 18.3 Å². The number of carboxylic acid groups (broad SMARTS) is 1. The number of carbonyl (C=O) groups excluding carboxylic acids is 1. The minimum absolute atomic E-state index is 0.0664. The van der Waals surface area contributed by atoms with Crippen molar-refractivity contribution in [3.05, 3.63) is 27.5 Å². The molecule has 0 aliphatic heterocycles. The molecule has 0 fully saturated rings. The van der Waals surface area contributed by atoms with E-state index < -0.39 is 5.97 Å². The fourth-order valence-corrected chi connectivity index (χ4v) is 3.46. The molecule has 2 rings (SSSR count). The Bertz CT molecular complexity index is 622. The first kappa shape index (κ1) is 16.7. The number of amides is 1. The van der Waals surface area contributed by atoms with Crippen LogP contribution in [0.3, 0.4) is 0 Å². The Morgan fingerprint density at radius 1 is 1.36 bits per heavy atom. The maximum absolute atomic E-state index is 12.4. The lowest BCUT2D eigenvalue weighted by Crippen LogP contribution is -2.24. The number of nitrogens with one attached hydrogen (secondary N) is 1. The minimum atomic E-state index is -0.991. The Morgan fingerprint density at radius 2 is 2.05 bits per heavy atom. The van der Waals surface area contributed by atoms with Gasteiger partial charge < -0.3 is 10.4 Å². The summed E-state index contributed by atoms with van der Waals surface area (Å²) in [5.74, 6) is -1.14. The summed E-state index contributed by atoms with van der Waals surface area (Å²) in [5.41, 5.74) is 1.61. The van der Waals surface area contributed by atoms with Crippen molar-refractivity contribution in [1.29, 1.82) is 0 Å². The standard InChI is InChI=1S/C17H23NO3S/c1-10-5-7-11(8-6-10)15(19)18-12-9-13(17(2,3)4)22-14(12)16(20)21/h5,9,11H,6-8H2,1-4H3,(H,18,19)(H,20,21)/t11-/m1/s1. The topological polar surface area (TPSA) is 66.4 Å². The summed E-state index contributed by atoms with van der Waals surface area (Å²) >= 11 is 1.24. The maximum Gasteiger partial charge on any atom is 0.348 e. The van der Waals surface area contributed by atoms with Gasteiger partial charge in [-0.15, -0.1) is 11.3 Å². The molecule has 1 atom stereocenters. The molecule has 0 spiro atoms. The zero-order valence-electron chi connectivity index (χ0n) is 13.5. The first-order valence-corrected chi connectivity index (χ1v) is 8.34. The molecule has 1 aromatic heterocycles. The zero-order valence-corrected chi connectivity index (χ0v) is 14.3. The van der Waals surface area contributed by atoms with Gasteiger partial charge in [-0.3, -0.25) is 4.79 Å². The van der Waals surface area contributed by atoms with Crippen molar-refractivity contribution < 1.29 is 14.7 Å². The Balaban J connectivity index is 2.20. The first-order valence-electron chi connectivity index (χ1n) is 7.52. The van der Waals surface area contributed by atoms with Crippen LogP contribution < -0.4 is 5.32 Å². The first-order chi connectivity index (χ1) is 10.2. The molecule has 120 valence electrons. The molecular weight excluding hydrogens is 298 g/mol. The molecular formula is C17H23NO3S. The monoisotopic (exact) mass is 321 g/mol. The quantitative estimate of drug-likeness (QED) is 0.809. The van der Waals surface area contributed by atoms with Crippen LogP contribution in [0.1, 0.15) is 61.5 Å². The van der Waals surface area contributed by atoms with Crippen LogP contribution in [-0.4, -0.2) is 17.0 Å². The van der Waals surface area contributed by atoms with Crippen LogP contribution in [0.15, 0.2) is 17.7 Å². The van der Waals surface area contributed by atoms with Crippen molar-refractivity contribution in [2.75, 3.05) is 5.32 Å². The fourth-order valence-electron chi connectivity index (χ4n) is 2.45. The predicted molar refractivity (Wildman–Crippen MR) is 89.7 cm³/mol. The third-order valence-electron chi connectivity index (χ3n) is 3.93. The normalized spacial score (nSPS) is 18.7. The molecule has 1 aromatic rings. The van der Waals surface area contributed by atoms with Gasteiger partial charge >= 0.3 is 5.97 Å². The van der Waals surface area contributed by atoms with E-state index in [1.54, 1.807) is 6.07 Å². The number of allylic oxidation sites excluding steroid dienone is 2. The molecule has 1 aliphatic rings. The molecule has 0 saturated heterocycles. The van der Waals surface area contributed by atoms with Crippen LogP contribution in [-0.2, 0) is 10.2 Å². The number of anilines is 1. The molecule has 5 heteroatoms. The molecule has 0 radical (unpaired) electrons. The smallest absolute Gasteiger partial charge is 0.348 e. The van der Waals surface area contributed by atoms with Crippen LogP contribution >= 0.6 is 11.3 Å². The van der Waals surface area contributed by atoms with Gasteiger partial charge in [0.2, 0.25) is 5.91 Å². The lowest BCUT2D eigenvalue weighted by atomic mass is 9.89. The van der Waals surface area contributed by atoms with E-state index in [0.717, 1.165) is 24.1 Å². The third kappa shape index (κ3) is 3.77. The summed E-state index contributed by atoms with van der Waals surface area (Å²) < 4.78 is 0. The molecule has 1 heterocycles. The third-order valence-corrected chi connectivity index (χ3v) is 5.48. The number of carbonyl (C=O) groups is 2. The minimum Gasteiger partial charge on any atom is -0.477 e. The van der Waals surface area contributed by atoms with Gasteiger partial charge in [0.15, 0.2) is 0 Å². The Morgan fingerprint density at radius 3 is 2.55 bits per heavy atom. The van der Waals surface area contributed by atoms with Gasteiger partial charge in [-0.05, 0) is 37.7 Å². The summed E-state index contributed by atoms with van der Waals surface area (Å²) in [6.07, 6.45) is 4.59. The predicted octanol–water partition coefficient (Wildman–Crippen LogP) is 4.43. The van der Waals surface area contributed by atoms with Crippen molar-refractivity contribution in [2.45, 2.75) is 52.4 Å². The highest BCUT2D eigenvalue weighted by Gasteiger charge is 2.26. The van der Waals surface area contributed by atoms with Crippen LogP contribution in [0.4, 0.5) is 5.69 Å². The van der Waals surface area contributed by atoms with E-state index in [1.807, 2.05) is 20.8 Å². The van der Waals surface area contributed by atoms with Crippen molar-refractivity contribution in [3.63, 3.8) is 0 Å². The molecule has 0 bridgehead atoms. The van der Waals surface area contributed by atoms with E-state index >= 15 is 0 Å².